The molecule has 0 aromatic heterocycles. The van der Waals surface area contributed by atoms with Crippen LogP contribution in [0.5, 0.6) is 0 Å². The van der Waals surface area contributed by atoms with Crippen LogP contribution in [-0.2, 0) is 19.1 Å². The quantitative estimate of drug-likeness (QED) is 0.619. The maximum atomic E-state index is 12.0. The maximum Gasteiger partial charge on any atom is 0.334 e. The second-order valence-corrected chi connectivity index (χ2v) is 4.14. The van der Waals surface area contributed by atoms with E-state index in [1.807, 2.05) is 0 Å². The monoisotopic (exact) mass is 242 g/mol. The third kappa shape index (κ3) is 2.55. The number of amides is 2. The molecule has 2 heterocycles. The zero-order chi connectivity index (χ0) is 12.4. The van der Waals surface area contributed by atoms with Gasteiger partial charge in [-0.1, -0.05) is 0 Å². The number of hydrogen-bond acceptors (Lipinski definition) is 4. The highest BCUT2D eigenvalue weighted by Crippen LogP contribution is 2.13. The Hall–Kier alpha value is -1.63. The van der Waals surface area contributed by atoms with Crippen LogP contribution < -0.4 is 5.32 Å². The smallest absolute Gasteiger partial charge is 0.334 e. The molecular weight excluding hydrogens is 228 g/mol. The van der Waals surface area contributed by atoms with Crippen molar-refractivity contribution in [1.29, 1.82) is 0 Å². The van der Waals surface area contributed by atoms with Gasteiger partial charge in [0.1, 0.15) is 6.04 Å². The number of aliphatic carboxylic acids is 1. The first-order valence-electron chi connectivity index (χ1n) is 5.50. The SMILES string of the molecule is O=C1CCC(C(=O)N2CCOC(C(=O)O)C2)N1. The topological polar surface area (TPSA) is 95.9 Å². The first-order valence-corrected chi connectivity index (χ1v) is 5.50. The molecule has 94 valence electrons. The van der Waals surface area contributed by atoms with E-state index >= 15 is 0 Å². The molecule has 2 aliphatic rings. The van der Waals surface area contributed by atoms with Gasteiger partial charge in [0.15, 0.2) is 6.10 Å². The van der Waals surface area contributed by atoms with E-state index < -0.39 is 18.1 Å². The number of morpholine rings is 1. The number of carbonyl (C=O) groups excluding carboxylic acids is 2. The Kier molecular flexibility index (Phi) is 3.28. The Balaban J connectivity index is 1.95. The van der Waals surface area contributed by atoms with Gasteiger partial charge in [-0.25, -0.2) is 4.79 Å². The van der Waals surface area contributed by atoms with Crippen LogP contribution in [0.1, 0.15) is 12.8 Å². The highest BCUT2D eigenvalue weighted by atomic mass is 16.5. The predicted molar refractivity (Wildman–Crippen MR) is 55.1 cm³/mol. The summed E-state index contributed by atoms with van der Waals surface area (Å²) >= 11 is 0. The lowest BCUT2D eigenvalue weighted by Crippen LogP contribution is -2.53. The van der Waals surface area contributed by atoms with Crippen molar-refractivity contribution >= 4 is 17.8 Å². The van der Waals surface area contributed by atoms with Gasteiger partial charge in [0.25, 0.3) is 0 Å². The van der Waals surface area contributed by atoms with Gasteiger partial charge in [0.05, 0.1) is 13.2 Å². The first-order chi connectivity index (χ1) is 8.08. The highest BCUT2D eigenvalue weighted by molar-refractivity contribution is 5.91. The fraction of sp³-hybridized carbons (Fsp3) is 0.700. The lowest BCUT2D eigenvalue weighted by Gasteiger charge is -2.32. The van der Waals surface area contributed by atoms with E-state index in [4.69, 9.17) is 9.84 Å². The molecule has 2 atom stereocenters. The molecule has 2 rings (SSSR count). The number of carboxylic acids is 1. The van der Waals surface area contributed by atoms with E-state index in [0.717, 1.165) is 0 Å². The Labute approximate surface area is 97.7 Å². The third-order valence-electron chi connectivity index (χ3n) is 2.95. The minimum absolute atomic E-state index is 0.0422. The van der Waals surface area contributed by atoms with Crippen LogP contribution in [0.25, 0.3) is 0 Å². The second-order valence-electron chi connectivity index (χ2n) is 4.14. The van der Waals surface area contributed by atoms with Gasteiger partial charge in [-0.3, -0.25) is 9.59 Å². The molecule has 7 nitrogen and oxygen atoms in total. The summed E-state index contributed by atoms with van der Waals surface area (Å²) in [6, 6.07) is -0.505. The molecule has 2 fully saturated rings. The molecule has 2 amide bonds. The molecule has 17 heavy (non-hydrogen) atoms. The number of rotatable bonds is 2. The molecule has 0 aliphatic carbocycles. The van der Waals surface area contributed by atoms with Gasteiger partial charge in [-0.05, 0) is 6.42 Å². The van der Waals surface area contributed by atoms with E-state index in [0.29, 0.717) is 19.4 Å². The van der Waals surface area contributed by atoms with Gasteiger partial charge >= 0.3 is 5.97 Å². The van der Waals surface area contributed by atoms with Gasteiger partial charge in [0.2, 0.25) is 11.8 Å². The average molecular weight is 242 g/mol. The largest absolute Gasteiger partial charge is 0.479 e. The standard InChI is InChI=1S/C10H14N2O5/c13-8-2-1-6(11-8)9(14)12-3-4-17-7(5-12)10(15)16/h6-7H,1-5H2,(H,11,13)(H,15,16). The molecule has 7 heteroatoms. The van der Waals surface area contributed by atoms with Gasteiger partial charge < -0.3 is 20.1 Å². The summed E-state index contributed by atoms with van der Waals surface area (Å²) in [5.74, 6) is -1.42. The van der Waals surface area contributed by atoms with E-state index in [1.54, 1.807) is 0 Å². The van der Waals surface area contributed by atoms with Crippen LogP contribution in [0.15, 0.2) is 0 Å². The third-order valence-corrected chi connectivity index (χ3v) is 2.95. The number of carbonyl (C=O) groups is 3. The van der Waals surface area contributed by atoms with E-state index in [1.165, 1.54) is 4.90 Å². The summed E-state index contributed by atoms with van der Waals surface area (Å²) in [7, 11) is 0. The molecule has 2 unspecified atom stereocenters. The fourth-order valence-corrected chi connectivity index (χ4v) is 2.02. The predicted octanol–water partition coefficient (Wildman–Crippen LogP) is -1.42. The Morgan fingerprint density at radius 1 is 1.47 bits per heavy atom. The number of ether oxygens (including phenoxy) is 1. The molecule has 0 aromatic carbocycles. The summed E-state index contributed by atoms with van der Waals surface area (Å²) in [4.78, 5) is 35.2. The minimum Gasteiger partial charge on any atom is -0.479 e. The van der Waals surface area contributed by atoms with Crippen molar-refractivity contribution in [3.63, 3.8) is 0 Å². The normalized spacial score (nSPS) is 28.9. The molecule has 0 aromatic rings. The van der Waals surface area contributed by atoms with Crippen LogP contribution in [0.3, 0.4) is 0 Å². The summed E-state index contributed by atoms with van der Waals surface area (Å²) in [5, 5.41) is 11.4. The average Bonchev–Trinajstić information content (AvgIpc) is 2.75. The minimum atomic E-state index is -1.07. The second kappa shape index (κ2) is 4.70. The van der Waals surface area contributed by atoms with E-state index in [-0.39, 0.29) is 25.0 Å². The van der Waals surface area contributed by atoms with Crippen molar-refractivity contribution in [2.24, 2.45) is 0 Å². The summed E-state index contributed by atoms with van der Waals surface area (Å²) in [6.45, 7) is 0.624. The van der Waals surface area contributed by atoms with Crippen LogP contribution in [0.2, 0.25) is 0 Å². The number of carboxylic acid groups (broad SMARTS) is 1. The molecule has 0 spiro atoms. The van der Waals surface area contributed by atoms with Gasteiger partial charge in [0, 0.05) is 13.0 Å². The van der Waals surface area contributed by atoms with Crippen molar-refractivity contribution in [3.05, 3.63) is 0 Å². The van der Waals surface area contributed by atoms with Crippen LogP contribution in [0, 0.1) is 0 Å². The number of nitrogens with one attached hydrogen (secondary N) is 1. The molecule has 2 N–H and O–H groups in total. The molecule has 2 aliphatic heterocycles. The van der Waals surface area contributed by atoms with E-state index in [9.17, 15) is 14.4 Å². The van der Waals surface area contributed by atoms with Crippen molar-refractivity contribution < 1.29 is 24.2 Å². The van der Waals surface area contributed by atoms with Crippen molar-refractivity contribution in [1.82, 2.24) is 10.2 Å². The lowest BCUT2D eigenvalue weighted by molar-refractivity contribution is -0.160. The van der Waals surface area contributed by atoms with Gasteiger partial charge in [-0.2, -0.15) is 0 Å². The molecule has 0 saturated carbocycles. The van der Waals surface area contributed by atoms with Gasteiger partial charge in [-0.15, -0.1) is 0 Å². The summed E-state index contributed by atoms with van der Waals surface area (Å²) < 4.78 is 5.02. The first kappa shape index (κ1) is 11.8. The summed E-state index contributed by atoms with van der Waals surface area (Å²) in [6.07, 6.45) is -0.139. The Morgan fingerprint density at radius 2 is 2.24 bits per heavy atom. The lowest BCUT2D eigenvalue weighted by atomic mass is 10.1. The Morgan fingerprint density at radius 3 is 2.82 bits per heavy atom. The zero-order valence-electron chi connectivity index (χ0n) is 9.22. The van der Waals surface area contributed by atoms with Crippen LogP contribution in [0.4, 0.5) is 0 Å². The van der Waals surface area contributed by atoms with Crippen LogP contribution in [-0.4, -0.2) is 59.6 Å². The molecule has 0 bridgehead atoms. The zero-order valence-corrected chi connectivity index (χ0v) is 9.22. The Bertz CT molecular complexity index is 357. The number of nitrogens with zero attached hydrogens (tertiary/aromatic N) is 1. The van der Waals surface area contributed by atoms with E-state index in [2.05, 4.69) is 5.32 Å². The summed E-state index contributed by atoms with van der Waals surface area (Å²) in [5.41, 5.74) is 0. The van der Waals surface area contributed by atoms with Crippen molar-refractivity contribution in [3.8, 4) is 0 Å². The van der Waals surface area contributed by atoms with Crippen molar-refractivity contribution in [2.45, 2.75) is 25.0 Å². The van der Waals surface area contributed by atoms with Crippen molar-refractivity contribution in [2.75, 3.05) is 19.7 Å². The maximum absolute atomic E-state index is 12.0. The molecule has 2 saturated heterocycles. The molecular formula is C10H14N2O5. The molecule has 0 radical (unpaired) electrons. The van der Waals surface area contributed by atoms with Crippen LogP contribution >= 0.6 is 0 Å². The highest BCUT2D eigenvalue weighted by Gasteiger charge is 2.35. The number of hydrogen-bond donors (Lipinski definition) is 2. The fourth-order valence-electron chi connectivity index (χ4n) is 2.02.